The highest BCUT2D eigenvalue weighted by molar-refractivity contribution is 5.99. The summed E-state index contributed by atoms with van der Waals surface area (Å²) in [4.78, 5) is 14.4. The number of hydrogen-bond acceptors (Lipinski definition) is 1. The van der Waals surface area contributed by atoms with Gasteiger partial charge in [-0.3, -0.25) is 4.79 Å². The molecule has 1 aromatic carbocycles. The third-order valence-corrected chi connectivity index (χ3v) is 3.36. The van der Waals surface area contributed by atoms with Gasteiger partial charge >= 0.3 is 0 Å². The fourth-order valence-electron chi connectivity index (χ4n) is 2.43. The largest absolute Gasteiger partial charge is 0.311 e. The number of nitrogens with zero attached hydrogens (tertiary/aromatic N) is 1. The van der Waals surface area contributed by atoms with Crippen LogP contribution in [0.25, 0.3) is 0 Å². The summed E-state index contributed by atoms with van der Waals surface area (Å²) < 4.78 is 0. The van der Waals surface area contributed by atoms with Crippen LogP contribution in [0.15, 0.2) is 24.3 Å². The van der Waals surface area contributed by atoms with E-state index in [1.54, 1.807) is 0 Å². The van der Waals surface area contributed by atoms with Gasteiger partial charge in [0.15, 0.2) is 0 Å². The number of benzene rings is 1. The van der Waals surface area contributed by atoms with E-state index in [2.05, 4.69) is 19.9 Å². The van der Waals surface area contributed by atoms with Crippen molar-refractivity contribution in [2.45, 2.75) is 40.0 Å². The highest BCUT2D eigenvalue weighted by atomic mass is 16.2. The Labute approximate surface area is 104 Å². The van der Waals surface area contributed by atoms with E-state index >= 15 is 0 Å². The molecule has 0 aromatic heterocycles. The van der Waals surface area contributed by atoms with E-state index in [1.807, 2.05) is 43.9 Å². The molecule has 0 aliphatic carbocycles. The number of carbonyl (C=O) groups excluding carboxylic acids is 1. The minimum atomic E-state index is -0.326. The number of rotatable bonds is 0. The highest BCUT2D eigenvalue weighted by Crippen LogP contribution is 2.41. The van der Waals surface area contributed by atoms with Crippen LogP contribution in [0.5, 0.6) is 0 Å². The Hall–Kier alpha value is -1.31. The lowest BCUT2D eigenvalue weighted by molar-refractivity contribution is -0.125. The van der Waals surface area contributed by atoms with Crippen molar-refractivity contribution in [3.63, 3.8) is 0 Å². The van der Waals surface area contributed by atoms with E-state index < -0.39 is 0 Å². The molecule has 0 fully saturated rings. The first-order valence-corrected chi connectivity index (χ1v) is 6.15. The first kappa shape index (κ1) is 12.2. The fraction of sp³-hybridized carbons (Fsp3) is 0.533. The Bertz CT molecular complexity index is 454. The van der Waals surface area contributed by atoms with Crippen LogP contribution in [0.4, 0.5) is 5.69 Å². The van der Waals surface area contributed by atoms with Crippen LogP contribution in [-0.2, 0) is 10.2 Å². The standard InChI is InChI=1S/C15H21NO/c1-14(2,3)13(17)16-10-15(4,5)11-8-6-7-9-12(11)16/h6-9H,10H2,1-5H3. The van der Waals surface area contributed by atoms with Crippen LogP contribution in [0.1, 0.15) is 40.2 Å². The first-order valence-electron chi connectivity index (χ1n) is 6.15. The molecule has 2 rings (SSSR count). The molecule has 0 unspecified atom stereocenters. The van der Waals surface area contributed by atoms with E-state index in [9.17, 15) is 4.79 Å². The van der Waals surface area contributed by atoms with Crippen molar-refractivity contribution in [1.29, 1.82) is 0 Å². The lowest BCUT2D eigenvalue weighted by Gasteiger charge is -2.27. The van der Waals surface area contributed by atoms with E-state index in [-0.39, 0.29) is 16.7 Å². The molecule has 1 aliphatic heterocycles. The Kier molecular flexibility index (Phi) is 2.57. The molecule has 17 heavy (non-hydrogen) atoms. The molecule has 0 bridgehead atoms. The first-order chi connectivity index (χ1) is 7.73. The maximum Gasteiger partial charge on any atom is 0.232 e. The van der Waals surface area contributed by atoms with Crippen molar-refractivity contribution >= 4 is 11.6 Å². The number of anilines is 1. The summed E-state index contributed by atoms with van der Waals surface area (Å²) in [6.07, 6.45) is 0. The Morgan fingerprint density at radius 2 is 1.82 bits per heavy atom. The second-order valence-corrected chi connectivity index (χ2v) is 6.54. The van der Waals surface area contributed by atoms with Gasteiger partial charge in [0.2, 0.25) is 5.91 Å². The van der Waals surface area contributed by atoms with Gasteiger partial charge in [-0.25, -0.2) is 0 Å². The topological polar surface area (TPSA) is 20.3 Å². The van der Waals surface area contributed by atoms with E-state index in [0.29, 0.717) is 0 Å². The van der Waals surface area contributed by atoms with Crippen molar-refractivity contribution in [2.75, 3.05) is 11.4 Å². The van der Waals surface area contributed by atoms with Gasteiger partial charge < -0.3 is 4.90 Å². The van der Waals surface area contributed by atoms with Gasteiger partial charge in [0.05, 0.1) is 0 Å². The molecule has 0 spiro atoms. The molecule has 0 radical (unpaired) electrons. The van der Waals surface area contributed by atoms with Crippen molar-refractivity contribution in [1.82, 2.24) is 0 Å². The van der Waals surface area contributed by atoms with Crippen LogP contribution in [0.2, 0.25) is 0 Å². The predicted octanol–water partition coefficient (Wildman–Crippen LogP) is 3.36. The molecule has 1 amide bonds. The molecular formula is C15H21NO. The summed E-state index contributed by atoms with van der Waals surface area (Å²) in [7, 11) is 0. The van der Waals surface area contributed by atoms with Crippen LogP contribution in [0, 0.1) is 5.41 Å². The molecule has 92 valence electrons. The molecule has 0 atom stereocenters. The van der Waals surface area contributed by atoms with Crippen molar-refractivity contribution in [3.05, 3.63) is 29.8 Å². The molecular weight excluding hydrogens is 210 g/mol. The third-order valence-electron chi connectivity index (χ3n) is 3.36. The monoisotopic (exact) mass is 231 g/mol. The zero-order valence-electron chi connectivity index (χ0n) is 11.4. The normalized spacial score (nSPS) is 18.1. The van der Waals surface area contributed by atoms with E-state index in [4.69, 9.17) is 0 Å². The van der Waals surface area contributed by atoms with Gasteiger partial charge in [-0.1, -0.05) is 52.8 Å². The zero-order chi connectivity index (χ0) is 12.8. The molecule has 0 N–H and O–H groups in total. The number of fused-ring (bicyclic) bond motifs is 1. The van der Waals surface area contributed by atoms with Crippen LogP contribution >= 0.6 is 0 Å². The van der Waals surface area contributed by atoms with E-state index in [0.717, 1.165) is 12.2 Å². The Morgan fingerprint density at radius 3 is 2.41 bits per heavy atom. The second kappa shape index (κ2) is 3.59. The molecule has 2 heteroatoms. The Balaban J connectivity index is 2.46. The summed E-state index contributed by atoms with van der Waals surface area (Å²) in [6.45, 7) is 11.1. The summed E-state index contributed by atoms with van der Waals surface area (Å²) in [5, 5.41) is 0. The molecule has 0 saturated carbocycles. The average molecular weight is 231 g/mol. The van der Waals surface area contributed by atoms with Gasteiger partial charge in [0.25, 0.3) is 0 Å². The quantitative estimate of drug-likeness (QED) is 0.670. The number of hydrogen-bond donors (Lipinski definition) is 0. The van der Waals surface area contributed by atoms with Crippen molar-refractivity contribution in [3.8, 4) is 0 Å². The zero-order valence-corrected chi connectivity index (χ0v) is 11.4. The number of carbonyl (C=O) groups is 1. The molecule has 1 aliphatic rings. The SMILES string of the molecule is CC(C)(C)C(=O)N1CC(C)(C)c2ccccc21. The molecule has 1 aromatic rings. The second-order valence-electron chi connectivity index (χ2n) is 6.54. The minimum Gasteiger partial charge on any atom is -0.311 e. The smallest absolute Gasteiger partial charge is 0.232 e. The lowest BCUT2D eigenvalue weighted by Crippen LogP contribution is -2.40. The van der Waals surface area contributed by atoms with Gasteiger partial charge in [-0.05, 0) is 11.6 Å². The third kappa shape index (κ3) is 1.97. The Morgan fingerprint density at radius 1 is 1.24 bits per heavy atom. The average Bonchev–Trinajstić information content (AvgIpc) is 2.49. The minimum absolute atomic E-state index is 0.0531. The van der Waals surface area contributed by atoms with Gasteiger partial charge in [-0.2, -0.15) is 0 Å². The highest BCUT2D eigenvalue weighted by Gasteiger charge is 2.40. The van der Waals surface area contributed by atoms with Crippen LogP contribution in [-0.4, -0.2) is 12.5 Å². The number of amides is 1. The molecule has 2 nitrogen and oxygen atoms in total. The maximum absolute atomic E-state index is 12.4. The number of para-hydroxylation sites is 1. The van der Waals surface area contributed by atoms with E-state index in [1.165, 1.54) is 5.56 Å². The summed E-state index contributed by atoms with van der Waals surface area (Å²) in [6, 6.07) is 8.23. The van der Waals surface area contributed by atoms with Crippen LogP contribution in [0.3, 0.4) is 0 Å². The maximum atomic E-state index is 12.4. The van der Waals surface area contributed by atoms with Crippen LogP contribution < -0.4 is 4.90 Å². The fourth-order valence-corrected chi connectivity index (χ4v) is 2.43. The summed E-state index contributed by atoms with van der Waals surface area (Å²) >= 11 is 0. The van der Waals surface area contributed by atoms with Gasteiger partial charge in [0.1, 0.15) is 0 Å². The predicted molar refractivity (Wildman–Crippen MR) is 71.3 cm³/mol. The summed E-state index contributed by atoms with van der Waals surface area (Å²) in [5.74, 6) is 0.204. The lowest BCUT2D eigenvalue weighted by atomic mass is 9.87. The molecule has 0 saturated heterocycles. The van der Waals surface area contributed by atoms with Crippen molar-refractivity contribution < 1.29 is 4.79 Å². The van der Waals surface area contributed by atoms with Gasteiger partial charge in [0, 0.05) is 23.1 Å². The molecule has 1 heterocycles. The van der Waals surface area contributed by atoms with Crippen molar-refractivity contribution in [2.24, 2.45) is 5.41 Å². The summed E-state index contributed by atoms with van der Waals surface area (Å²) in [5.41, 5.74) is 2.08. The van der Waals surface area contributed by atoms with Gasteiger partial charge in [-0.15, -0.1) is 0 Å².